The third-order valence-corrected chi connectivity index (χ3v) is 3.79. The maximum atomic E-state index is 7.59. The smallest absolute Gasteiger partial charge is 0.139 e. The molecule has 0 saturated carbocycles. The average Bonchev–Trinajstić information content (AvgIpc) is 2.35. The van der Waals surface area contributed by atoms with E-state index in [1.165, 1.54) is 0 Å². The van der Waals surface area contributed by atoms with E-state index in [-0.39, 0.29) is 5.84 Å². The van der Waals surface area contributed by atoms with Gasteiger partial charge in [-0.05, 0) is 49.2 Å². The molecule has 0 bridgehead atoms. The summed E-state index contributed by atoms with van der Waals surface area (Å²) in [5.74, 6) is 0.952. The molecule has 0 aromatic heterocycles. The van der Waals surface area contributed by atoms with Gasteiger partial charge in [-0.2, -0.15) is 0 Å². The van der Waals surface area contributed by atoms with Gasteiger partial charge in [0.15, 0.2) is 0 Å². The molecule has 0 fully saturated rings. The monoisotopic (exact) mass is 308 g/mol. The molecule has 104 valence electrons. The van der Waals surface area contributed by atoms with Crippen molar-refractivity contribution in [2.75, 3.05) is 0 Å². The van der Waals surface area contributed by atoms with Crippen LogP contribution in [0.5, 0.6) is 11.5 Å². The van der Waals surface area contributed by atoms with Gasteiger partial charge in [0.1, 0.15) is 17.3 Å². The molecule has 2 aromatic carbocycles. The van der Waals surface area contributed by atoms with Gasteiger partial charge in [-0.15, -0.1) is 0 Å². The van der Waals surface area contributed by atoms with Crippen molar-refractivity contribution in [2.24, 2.45) is 5.73 Å². The molecular weight excluding hydrogens is 295 g/mol. The van der Waals surface area contributed by atoms with Crippen molar-refractivity contribution in [1.29, 1.82) is 5.41 Å². The van der Waals surface area contributed by atoms with Gasteiger partial charge in [0.25, 0.3) is 0 Å². The molecule has 5 heteroatoms. The second kappa shape index (κ2) is 5.73. The molecule has 0 aliphatic rings. The summed E-state index contributed by atoms with van der Waals surface area (Å²) in [6.07, 6.45) is 0. The van der Waals surface area contributed by atoms with Crippen molar-refractivity contribution in [3.63, 3.8) is 0 Å². The number of aryl methyl sites for hydroxylation is 2. The van der Waals surface area contributed by atoms with Gasteiger partial charge in [-0.1, -0.05) is 29.3 Å². The molecule has 2 aromatic rings. The second-order valence-electron chi connectivity index (χ2n) is 4.50. The fraction of sp³-hybridized carbons (Fsp3) is 0.133. The Morgan fingerprint density at radius 1 is 1.15 bits per heavy atom. The Bertz CT molecular complexity index is 661. The first kappa shape index (κ1) is 14.7. The molecule has 0 aliphatic carbocycles. The number of hydrogen-bond donors (Lipinski definition) is 2. The largest absolute Gasteiger partial charge is 0.457 e. The second-order valence-corrected chi connectivity index (χ2v) is 5.28. The number of hydrogen-bond acceptors (Lipinski definition) is 2. The molecule has 0 saturated heterocycles. The van der Waals surface area contributed by atoms with Crippen LogP contribution in [0, 0.1) is 19.3 Å². The van der Waals surface area contributed by atoms with Crippen LogP contribution in [0.2, 0.25) is 10.0 Å². The summed E-state index contributed by atoms with van der Waals surface area (Å²) in [5, 5.41) is 8.70. The zero-order chi connectivity index (χ0) is 14.9. The number of ether oxygens (including phenoxy) is 1. The minimum absolute atomic E-state index is 0.131. The highest BCUT2D eigenvalue weighted by atomic mass is 35.5. The van der Waals surface area contributed by atoms with E-state index in [2.05, 4.69) is 0 Å². The summed E-state index contributed by atoms with van der Waals surface area (Å²) < 4.78 is 5.80. The molecule has 0 atom stereocenters. The lowest BCUT2D eigenvalue weighted by molar-refractivity contribution is 0.481. The molecule has 0 unspecified atom stereocenters. The Hall–Kier alpha value is -1.71. The molecule has 0 amide bonds. The molecule has 0 heterocycles. The summed E-state index contributed by atoms with van der Waals surface area (Å²) >= 11 is 12.2. The Morgan fingerprint density at radius 3 is 2.30 bits per heavy atom. The van der Waals surface area contributed by atoms with Gasteiger partial charge < -0.3 is 10.5 Å². The van der Waals surface area contributed by atoms with Gasteiger partial charge in [0, 0.05) is 5.02 Å². The molecule has 3 N–H and O–H groups in total. The molecule has 0 aliphatic heterocycles. The van der Waals surface area contributed by atoms with Gasteiger partial charge in [0.2, 0.25) is 0 Å². The molecule has 20 heavy (non-hydrogen) atoms. The van der Waals surface area contributed by atoms with Crippen LogP contribution in [-0.2, 0) is 0 Å². The average molecular weight is 309 g/mol. The van der Waals surface area contributed by atoms with E-state index in [9.17, 15) is 0 Å². The van der Waals surface area contributed by atoms with E-state index < -0.39 is 0 Å². The van der Waals surface area contributed by atoms with Crippen molar-refractivity contribution in [3.05, 3.63) is 57.1 Å². The molecule has 3 nitrogen and oxygen atoms in total. The highest BCUT2D eigenvalue weighted by molar-refractivity contribution is 6.34. The summed E-state index contributed by atoms with van der Waals surface area (Å²) in [4.78, 5) is 0. The number of nitrogen functional groups attached to an aromatic ring is 1. The van der Waals surface area contributed by atoms with E-state index >= 15 is 0 Å². The normalized spacial score (nSPS) is 10.4. The van der Waals surface area contributed by atoms with Crippen molar-refractivity contribution in [3.8, 4) is 11.5 Å². The SMILES string of the molecule is Cc1cc(Oc2cccc(Cl)c2C(=N)N)cc(C)c1Cl. The maximum Gasteiger partial charge on any atom is 0.139 e. The van der Waals surface area contributed by atoms with Crippen LogP contribution in [0.15, 0.2) is 30.3 Å². The van der Waals surface area contributed by atoms with Crippen molar-refractivity contribution in [1.82, 2.24) is 0 Å². The predicted octanol–water partition coefficient (Wildman–Crippen LogP) is 4.69. The zero-order valence-corrected chi connectivity index (χ0v) is 12.6. The van der Waals surface area contributed by atoms with E-state index in [0.717, 1.165) is 16.1 Å². The third kappa shape index (κ3) is 2.89. The van der Waals surface area contributed by atoms with E-state index in [4.69, 9.17) is 39.1 Å². The third-order valence-electron chi connectivity index (χ3n) is 2.88. The summed E-state index contributed by atoms with van der Waals surface area (Å²) in [5.41, 5.74) is 7.79. The molecule has 0 radical (unpaired) electrons. The summed E-state index contributed by atoms with van der Waals surface area (Å²) in [7, 11) is 0. The fourth-order valence-corrected chi connectivity index (χ4v) is 2.32. The van der Waals surface area contributed by atoms with Crippen LogP contribution >= 0.6 is 23.2 Å². The van der Waals surface area contributed by atoms with Crippen LogP contribution in [0.4, 0.5) is 0 Å². The Balaban J connectivity index is 2.45. The standard InChI is InChI=1S/C15H14Cl2N2O/c1-8-6-10(7-9(2)14(8)17)20-12-5-3-4-11(16)13(12)15(18)19/h3-7H,1-2H3,(H3,18,19). The maximum absolute atomic E-state index is 7.59. The summed E-state index contributed by atoms with van der Waals surface area (Å²) in [6.45, 7) is 3.82. The minimum atomic E-state index is -0.131. The number of amidine groups is 1. The lowest BCUT2D eigenvalue weighted by Crippen LogP contribution is -2.13. The van der Waals surface area contributed by atoms with E-state index in [0.29, 0.717) is 22.1 Å². The van der Waals surface area contributed by atoms with Crippen LogP contribution < -0.4 is 10.5 Å². The molecular formula is C15H14Cl2N2O. The Labute approximate surface area is 127 Å². The van der Waals surface area contributed by atoms with Crippen molar-refractivity contribution in [2.45, 2.75) is 13.8 Å². The van der Waals surface area contributed by atoms with Crippen molar-refractivity contribution >= 4 is 29.0 Å². The predicted molar refractivity (Wildman–Crippen MR) is 83.5 cm³/mol. The number of halogens is 2. The van der Waals surface area contributed by atoms with Gasteiger partial charge in [-0.3, -0.25) is 5.41 Å². The number of benzene rings is 2. The molecule has 2 rings (SSSR count). The lowest BCUT2D eigenvalue weighted by Gasteiger charge is -2.13. The number of nitrogens with two attached hydrogens (primary N) is 1. The Morgan fingerprint density at radius 2 is 1.75 bits per heavy atom. The topological polar surface area (TPSA) is 59.1 Å². The number of rotatable bonds is 3. The zero-order valence-electron chi connectivity index (χ0n) is 11.1. The number of nitrogens with one attached hydrogen (secondary N) is 1. The van der Waals surface area contributed by atoms with E-state index in [1.54, 1.807) is 18.2 Å². The van der Waals surface area contributed by atoms with Gasteiger partial charge >= 0.3 is 0 Å². The minimum Gasteiger partial charge on any atom is -0.457 e. The Kier molecular flexibility index (Phi) is 4.21. The highest BCUT2D eigenvalue weighted by Gasteiger charge is 2.13. The first-order valence-corrected chi connectivity index (χ1v) is 6.73. The molecule has 0 spiro atoms. The first-order valence-electron chi connectivity index (χ1n) is 5.97. The summed E-state index contributed by atoms with van der Waals surface area (Å²) in [6, 6.07) is 8.81. The van der Waals surface area contributed by atoms with Gasteiger partial charge in [-0.25, -0.2) is 0 Å². The lowest BCUT2D eigenvalue weighted by atomic mass is 10.1. The fourth-order valence-electron chi connectivity index (χ4n) is 1.94. The first-order chi connectivity index (χ1) is 9.40. The van der Waals surface area contributed by atoms with Gasteiger partial charge in [0.05, 0.1) is 10.6 Å². The van der Waals surface area contributed by atoms with E-state index in [1.807, 2.05) is 26.0 Å². The van der Waals surface area contributed by atoms with Crippen molar-refractivity contribution < 1.29 is 4.74 Å². The van der Waals surface area contributed by atoms with Crippen LogP contribution in [0.3, 0.4) is 0 Å². The van der Waals surface area contributed by atoms with Crippen LogP contribution in [0.25, 0.3) is 0 Å². The van der Waals surface area contributed by atoms with Crippen LogP contribution in [-0.4, -0.2) is 5.84 Å². The quantitative estimate of drug-likeness (QED) is 0.638. The van der Waals surface area contributed by atoms with Crippen LogP contribution in [0.1, 0.15) is 16.7 Å². The highest BCUT2D eigenvalue weighted by Crippen LogP contribution is 2.33.